The van der Waals surface area contributed by atoms with Gasteiger partial charge in [-0.05, 0) is 89.4 Å². The van der Waals surface area contributed by atoms with Crippen LogP contribution in [-0.2, 0) is 39.8 Å². The van der Waals surface area contributed by atoms with Gasteiger partial charge in [-0.15, -0.1) is 0 Å². The summed E-state index contributed by atoms with van der Waals surface area (Å²) in [6.45, 7) is 14.7. The number of benzene rings is 5. The van der Waals surface area contributed by atoms with E-state index in [0.29, 0.717) is 48.2 Å². The lowest BCUT2D eigenvalue weighted by Gasteiger charge is -2.12. The molecule has 0 saturated heterocycles. The topological polar surface area (TPSA) is 237 Å². The van der Waals surface area contributed by atoms with Crippen LogP contribution < -0.4 is 9.47 Å². The van der Waals surface area contributed by atoms with Crippen molar-refractivity contribution in [2.24, 2.45) is 11.8 Å². The summed E-state index contributed by atoms with van der Waals surface area (Å²) in [5, 5.41) is 0.583. The van der Waals surface area contributed by atoms with Crippen LogP contribution in [0.3, 0.4) is 0 Å². The zero-order chi connectivity index (χ0) is 66.5. The van der Waals surface area contributed by atoms with Gasteiger partial charge in [0.05, 0.1) is 33.2 Å². The van der Waals surface area contributed by atoms with Crippen LogP contribution in [0, 0.1) is 11.8 Å². The van der Waals surface area contributed by atoms with E-state index in [1.54, 1.807) is 55.5 Å². The molecule has 5 aromatic carbocycles. The number of hydrogen-bond donors (Lipinski definition) is 0. The van der Waals surface area contributed by atoms with Crippen LogP contribution in [0.15, 0.2) is 146 Å². The van der Waals surface area contributed by atoms with E-state index in [0.717, 1.165) is 24.7 Å². The molecule has 5 aromatic rings. The van der Waals surface area contributed by atoms with Crippen LogP contribution in [-0.4, -0.2) is 82.4 Å². The molecule has 1 aliphatic rings. The molecular formula is C59H64Cl10O18. The number of rotatable bonds is 16. The summed E-state index contributed by atoms with van der Waals surface area (Å²) in [7, 11) is 1.22. The van der Waals surface area contributed by atoms with E-state index in [1.807, 2.05) is 74.5 Å². The molecule has 0 saturated carbocycles. The monoisotopic (exact) mass is 1410 g/mol. The molecule has 1 aliphatic carbocycles. The third kappa shape index (κ3) is 52.8. The molecule has 0 bridgehead atoms. The van der Waals surface area contributed by atoms with Crippen molar-refractivity contribution >= 4 is 165 Å². The normalized spacial score (nSPS) is 10.0. The van der Waals surface area contributed by atoms with E-state index in [-0.39, 0.29) is 19.1 Å². The molecule has 0 amide bonds. The van der Waals surface area contributed by atoms with Gasteiger partial charge in [0, 0.05) is 115 Å². The summed E-state index contributed by atoms with van der Waals surface area (Å²) >= 11 is 49.6. The smallest absolute Gasteiger partial charge is 0.409 e. The van der Waals surface area contributed by atoms with Gasteiger partial charge in [0.25, 0.3) is 0 Å². The van der Waals surface area contributed by atoms with Gasteiger partial charge in [-0.2, -0.15) is 0 Å². The average Bonchev–Trinajstić information content (AvgIpc) is 1.73. The number of carbonyl (C=O) groups excluding carboxylic acids is 9. The Morgan fingerprint density at radius 2 is 0.908 bits per heavy atom. The summed E-state index contributed by atoms with van der Waals surface area (Å²) in [6.07, 6.45) is 5.51. The number of hydrogen-bond acceptors (Lipinski definition) is 18. The molecule has 18 nitrogen and oxygen atoms in total. The first-order valence-corrected chi connectivity index (χ1v) is 29.0. The van der Waals surface area contributed by atoms with Gasteiger partial charge >= 0.3 is 48.9 Å². The van der Waals surface area contributed by atoms with Crippen molar-refractivity contribution in [3.05, 3.63) is 168 Å². The van der Waals surface area contributed by atoms with Crippen LogP contribution in [0.25, 0.3) is 11.1 Å². The molecule has 0 spiro atoms. The summed E-state index contributed by atoms with van der Waals surface area (Å²) in [4.78, 5) is 89.9. The molecule has 0 heterocycles. The molecule has 6 rings (SSSR count). The predicted molar refractivity (Wildman–Crippen MR) is 341 cm³/mol. The van der Waals surface area contributed by atoms with Crippen LogP contribution in [0.2, 0.25) is 5.02 Å². The van der Waals surface area contributed by atoms with Crippen molar-refractivity contribution in [1.29, 1.82) is 0 Å². The van der Waals surface area contributed by atoms with Crippen molar-refractivity contribution < 1.29 is 85.8 Å². The highest BCUT2D eigenvalue weighted by molar-refractivity contribution is 6.63. The van der Waals surface area contributed by atoms with E-state index >= 15 is 0 Å². The first-order chi connectivity index (χ1) is 41.2. The fraction of sp³-hybridized carbons (Fsp3) is 0.305. The van der Waals surface area contributed by atoms with Crippen LogP contribution in [0.4, 0.5) is 43.2 Å². The van der Waals surface area contributed by atoms with Crippen molar-refractivity contribution in [2.75, 3.05) is 33.5 Å². The third-order valence-electron chi connectivity index (χ3n) is 9.57. The quantitative estimate of drug-likeness (QED) is 0.0507. The molecule has 0 aliphatic heterocycles. The lowest BCUT2D eigenvalue weighted by Crippen LogP contribution is -2.09. The Labute approximate surface area is 555 Å². The SMILES string of the molecule is C=COC(=O)Cl.CC(C)COC(=O)Cl.CCCCC(CC)COC(=O)Cl.CCOC(=O)Cl.COC(=O)Cl.O=C(Cl)OCC1c2ccccc2-c2ccccc21.O=C(Cl)OCc1ccccc1.O=C(Cl)Oc1ccc(Cl)cc1.O=C(Cl)Oc1ccccc1. The summed E-state index contributed by atoms with van der Waals surface area (Å²) in [5.41, 5.74) is -1.23. The lowest BCUT2D eigenvalue weighted by molar-refractivity contribution is 0.146. The lowest BCUT2D eigenvalue weighted by atomic mass is 9.98. The maximum Gasteiger partial charge on any atom is 0.409 e. The van der Waals surface area contributed by atoms with Gasteiger partial charge in [-0.25, -0.2) is 43.2 Å². The second kappa shape index (κ2) is 55.3. The fourth-order valence-electron chi connectivity index (χ4n) is 5.97. The molecule has 0 aromatic heterocycles. The molecule has 0 radical (unpaired) electrons. The maximum atomic E-state index is 10.8. The molecule has 0 N–H and O–H groups in total. The summed E-state index contributed by atoms with van der Waals surface area (Å²) < 4.78 is 39.7. The largest absolute Gasteiger partial charge is 0.457 e. The minimum Gasteiger partial charge on any atom is -0.457 e. The van der Waals surface area contributed by atoms with Gasteiger partial charge < -0.3 is 42.6 Å². The number of halogens is 10. The minimum atomic E-state index is -0.856. The maximum absolute atomic E-state index is 10.8. The molecular weight excluding hydrogens is 1350 g/mol. The van der Waals surface area contributed by atoms with Crippen molar-refractivity contribution in [2.45, 2.75) is 72.8 Å². The fourth-order valence-corrected chi connectivity index (χ4v) is 6.69. The molecule has 87 heavy (non-hydrogen) atoms. The third-order valence-corrected chi connectivity index (χ3v) is 10.8. The number of unbranched alkanes of at least 4 members (excludes halogenated alkanes) is 1. The highest BCUT2D eigenvalue weighted by Gasteiger charge is 2.28. The molecule has 478 valence electrons. The average molecular weight is 1420 g/mol. The number of methoxy groups -OCH3 is 1. The summed E-state index contributed by atoms with van der Waals surface area (Å²) in [6, 6.07) is 40.7. The highest BCUT2D eigenvalue weighted by atomic mass is 35.5. The zero-order valence-electron chi connectivity index (χ0n) is 47.7. The van der Waals surface area contributed by atoms with Crippen LogP contribution in [0.1, 0.15) is 82.9 Å². The van der Waals surface area contributed by atoms with Crippen molar-refractivity contribution in [3.63, 3.8) is 0 Å². The summed E-state index contributed by atoms with van der Waals surface area (Å²) in [5.74, 6) is 1.77. The van der Waals surface area contributed by atoms with Gasteiger partial charge in [-0.1, -0.05) is 162 Å². The Morgan fingerprint density at radius 3 is 1.24 bits per heavy atom. The Balaban J connectivity index is -0.000000938. The Bertz CT molecular complexity index is 2710. The van der Waals surface area contributed by atoms with Gasteiger partial charge in [-0.3, -0.25) is 0 Å². The Morgan fingerprint density at radius 1 is 0.494 bits per heavy atom. The minimum absolute atomic E-state index is 0.0834. The van der Waals surface area contributed by atoms with Crippen molar-refractivity contribution in [3.8, 4) is 22.6 Å². The van der Waals surface area contributed by atoms with Gasteiger partial charge in [0.1, 0.15) is 24.7 Å². The molecule has 0 fully saturated rings. The number of fused-ring (bicyclic) bond motifs is 3. The van der Waals surface area contributed by atoms with Gasteiger partial charge in [0.2, 0.25) is 0 Å². The number of carbonyl (C=O) groups is 9. The van der Waals surface area contributed by atoms with E-state index in [2.05, 4.69) is 101 Å². The molecule has 1 unspecified atom stereocenters. The van der Waals surface area contributed by atoms with E-state index < -0.39 is 48.9 Å². The van der Waals surface area contributed by atoms with Gasteiger partial charge in [0.15, 0.2) is 0 Å². The highest BCUT2D eigenvalue weighted by Crippen LogP contribution is 2.44. The van der Waals surface area contributed by atoms with Crippen LogP contribution >= 0.6 is 116 Å². The first kappa shape index (κ1) is 85.2. The Hall–Kier alpha value is -6.03. The van der Waals surface area contributed by atoms with E-state index in [1.165, 1.54) is 42.2 Å². The van der Waals surface area contributed by atoms with Crippen molar-refractivity contribution in [1.82, 2.24) is 0 Å². The second-order valence-electron chi connectivity index (χ2n) is 16.3. The predicted octanol–water partition coefficient (Wildman–Crippen LogP) is 21.7. The van der Waals surface area contributed by atoms with Crippen LogP contribution in [0.5, 0.6) is 11.5 Å². The molecule has 1 atom stereocenters. The number of para-hydroxylation sites is 1. The molecule has 28 heteroatoms. The zero-order valence-corrected chi connectivity index (χ0v) is 55.3. The Kier molecular flexibility index (Phi) is 54.1. The number of ether oxygens (including phenoxy) is 9. The van der Waals surface area contributed by atoms with E-state index in [9.17, 15) is 43.2 Å². The van der Waals surface area contributed by atoms with E-state index in [4.69, 9.17) is 102 Å². The second-order valence-corrected chi connectivity index (χ2v) is 19.5. The first-order valence-electron chi connectivity index (χ1n) is 25.3. The standard InChI is InChI=1S/C15H11ClO2.C9H17ClO2.C8H7ClO2.C7H4Cl2O2.C7H5ClO2.C5H9ClO2.C3H5ClO2.C3H3ClO2.C2H3ClO2/c16-15(17)18-9-14-12-7-3-1-5-10(12)11-6-2-4-8-13(11)14;1-3-5-6-8(4-2)7-12-9(10)11;9-8(10)11-6-7-4-2-1-3-5-7;8-5-1-3-6(4-2-5)11-7(9)10;8-7(9)10-6-4-2-1-3-5-6;1-4(2)3-8-5(6)7;2*1-2-6-3(4)5;1-5-2(3)4/h1-8,14H,9H2;8H,3-7H2,1-2H3;1-5H,6H2;1-4H;1-5H;4H,3H2,1-2H3;2H2,1H3;2H,1H2;1H3.